The normalized spacial score (nSPS) is 14.8. The molecule has 0 spiro atoms. The van der Waals surface area contributed by atoms with Gasteiger partial charge in [-0.15, -0.1) is 0 Å². The van der Waals surface area contributed by atoms with Crippen LogP contribution >= 0.6 is 15.6 Å². The van der Waals surface area contributed by atoms with Crippen LogP contribution in [0.4, 0.5) is 0 Å². The van der Waals surface area contributed by atoms with Gasteiger partial charge < -0.3 is 33.8 Å². The average Bonchev–Trinajstić information content (AvgIpc) is 0.928. The Balaban J connectivity index is 5.44. The highest BCUT2D eigenvalue weighted by molar-refractivity contribution is 7.47. The SMILES string of the molecule is CC/C=C\C/C=C\C/C=C\C/C=C\C/C=C\C/C=C\CCC(=O)OCC(COP(=O)(O)OCC(O)COP(=O)(O)OCC(COC(=O)CC/C=C\C/C=C\C/C=C\C/C=C\C/C=C\C/C=C\CC)OC(=O)CCCCCCCCCCCCCCC)OC(=O)CCCCCCC/C=C\CCCC. The third-order valence-corrected chi connectivity index (χ3v) is 17.4. The number of ether oxygens (including phenoxy) is 4. The number of phosphoric acid groups is 2. The van der Waals surface area contributed by atoms with E-state index in [-0.39, 0.29) is 25.7 Å². The summed E-state index contributed by atoms with van der Waals surface area (Å²) in [4.78, 5) is 72.8. The summed E-state index contributed by atoms with van der Waals surface area (Å²) in [5.74, 6) is -2.39. The molecule has 0 fully saturated rings. The van der Waals surface area contributed by atoms with Gasteiger partial charge in [-0.25, -0.2) is 9.13 Å². The second kappa shape index (κ2) is 74.0. The van der Waals surface area contributed by atoms with Crippen molar-refractivity contribution in [3.8, 4) is 0 Å². The van der Waals surface area contributed by atoms with Gasteiger partial charge in [-0.2, -0.15) is 0 Å². The molecule has 0 rings (SSSR count). The lowest BCUT2D eigenvalue weighted by molar-refractivity contribution is -0.161. The molecule has 5 unspecified atom stereocenters. The van der Waals surface area contributed by atoms with E-state index in [1.165, 1.54) is 57.8 Å². The van der Waals surface area contributed by atoms with E-state index in [0.717, 1.165) is 135 Å². The number of allylic oxidation sites excluding steroid dienone is 26. The van der Waals surface area contributed by atoms with Gasteiger partial charge in [-0.3, -0.25) is 37.3 Å². The van der Waals surface area contributed by atoms with Gasteiger partial charge >= 0.3 is 39.5 Å². The number of aliphatic hydroxyl groups excluding tert-OH is 1. The van der Waals surface area contributed by atoms with Crippen LogP contribution in [0.25, 0.3) is 0 Å². The average molecular weight is 1470 g/mol. The smallest absolute Gasteiger partial charge is 0.462 e. The molecule has 0 saturated heterocycles. The number of hydrogen-bond acceptors (Lipinski definition) is 15. The number of carbonyl (C=O) groups excluding carboxylic acids is 4. The van der Waals surface area contributed by atoms with Crippen molar-refractivity contribution in [1.82, 2.24) is 0 Å². The Hall–Kier alpha value is -5.32. The van der Waals surface area contributed by atoms with E-state index < -0.39 is 97.5 Å². The maximum absolute atomic E-state index is 13.1. The van der Waals surface area contributed by atoms with Gasteiger partial charge in [0.25, 0.3) is 0 Å². The first-order valence-corrected chi connectivity index (χ1v) is 41.7. The highest BCUT2D eigenvalue weighted by Crippen LogP contribution is 2.45. The lowest BCUT2D eigenvalue weighted by Gasteiger charge is -2.21. The van der Waals surface area contributed by atoms with Crippen molar-refractivity contribution in [2.24, 2.45) is 0 Å². The van der Waals surface area contributed by atoms with E-state index >= 15 is 0 Å². The van der Waals surface area contributed by atoms with Crippen LogP contribution in [0.1, 0.15) is 285 Å². The zero-order chi connectivity index (χ0) is 74.6. The molecule has 0 aliphatic heterocycles. The fourth-order valence-electron chi connectivity index (χ4n) is 9.66. The van der Waals surface area contributed by atoms with Crippen molar-refractivity contribution in [2.75, 3.05) is 39.6 Å². The summed E-state index contributed by atoms with van der Waals surface area (Å²) in [5, 5.41) is 10.6. The predicted octanol–water partition coefficient (Wildman–Crippen LogP) is 22.4. The second-order valence-corrected chi connectivity index (χ2v) is 28.1. The molecule has 0 saturated carbocycles. The number of hydrogen-bond donors (Lipinski definition) is 3. The number of rotatable bonds is 71. The summed E-state index contributed by atoms with van der Waals surface area (Å²) in [6.45, 7) is 4.41. The lowest BCUT2D eigenvalue weighted by atomic mass is 10.0. The van der Waals surface area contributed by atoms with Crippen LogP contribution in [0, 0.1) is 0 Å². The Morgan fingerprint density at radius 2 is 0.539 bits per heavy atom. The number of unbranched alkanes of at least 4 members (excludes halogenated alkanes) is 19. The van der Waals surface area contributed by atoms with Crippen LogP contribution in [0.15, 0.2) is 158 Å². The van der Waals surface area contributed by atoms with Gasteiger partial charge in [0.1, 0.15) is 19.3 Å². The zero-order valence-corrected chi connectivity index (χ0v) is 65.0. The summed E-state index contributed by atoms with van der Waals surface area (Å²) < 4.78 is 68.3. The monoisotopic (exact) mass is 1470 g/mol. The third-order valence-electron chi connectivity index (χ3n) is 15.5. The van der Waals surface area contributed by atoms with Crippen molar-refractivity contribution < 1.29 is 80.2 Å². The topological polar surface area (TPSA) is 237 Å². The molecule has 0 heterocycles. The quantitative estimate of drug-likeness (QED) is 0.0169. The molecule has 0 aromatic heterocycles. The van der Waals surface area contributed by atoms with E-state index in [9.17, 15) is 43.2 Å². The summed E-state index contributed by atoms with van der Waals surface area (Å²) in [6, 6.07) is 0. The number of phosphoric ester groups is 2. The first kappa shape index (κ1) is 96.7. The van der Waals surface area contributed by atoms with Gasteiger partial charge in [0, 0.05) is 25.7 Å². The molecule has 17 nitrogen and oxygen atoms in total. The van der Waals surface area contributed by atoms with Crippen LogP contribution < -0.4 is 0 Å². The van der Waals surface area contributed by atoms with Crippen LogP contribution in [0.3, 0.4) is 0 Å². The number of carbonyl (C=O) groups is 4. The van der Waals surface area contributed by atoms with Crippen LogP contribution in [-0.2, 0) is 65.4 Å². The first-order chi connectivity index (χ1) is 49.7. The molecule has 102 heavy (non-hydrogen) atoms. The van der Waals surface area contributed by atoms with Gasteiger partial charge in [0.05, 0.1) is 26.4 Å². The minimum Gasteiger partial charge on any atom is -0.462 e. The predicted molar refractivity (Wildman–Crippen MR) is 417 cm³/mol. The molecular formula is C83H136O17P2. The largest absolute Gasteiger partial charge is 0.472 e. The molecule has 19 heteroatoms. The first-order valence-electron chi connectivity index (χ1n) is 38.7. The van der Waals surface area contributed by atoms with Crippen molar-refractivity contribution >= 4 is 39.5 Å². The second-order valence-electron chi connectivity index (χ2n) is 25.2. The molecule has 0 amide bonds. The maximum atomic E-state index is 13.1. The van der Waals surface area contributed by atoms with E-state index in [0.29, 0.717) is 38.5 Å². The molecule has 0 aliphatic carbocycles. The standard InChI is InChI=1S/C83H136O17P2/c1-5-9-13-17-21-25-29-32-34-36-38-40-42-45-48-51-55-59-63-67-80(85)93-73-78(99-82(87)69-65-61-57-53-47-28-24-20-16-12-8-4)75-97-101(89,90)95-71-77(84)72-96-102(91,92)98-76-79(100-83(88)70-66-62-58-54-50-44-31-27-23-19-15-11-7-3)74-94-81(86)68-64-60-56-52-49-46-43-41-39-37-35-33-30-26-22-18-14-10-6-2/h9-10,13-14,20-22,24-26,32-35,38-41,45-46,48-49,55-56,59-60,77-79,84H,5-8,11-12,15-19,23,27-31,36-37,42-44,47,50-54,57-58,61-76H2,1-4H3,(H,89,90)(H,91,92)/b13-9-,14-10-,24-20-,25-21-,26-22-,34-32-,35-33-,40-38-,41-39-,48-45-,49-46-,59-55-,60-56-. The highest BCUT2D eigenvalue weighted by Gasteiger charge is 2.30. The molecule has 0 aromatic rings. The van der Waals surface area contributed by atoms with Gasteiger partial charge in [-0.05, 0) is 122 Å². The van der Waals surface area contributed by atoms with Crippen LogP contribution in [0.2, 0.25) is 0 Å². The van der Waals surface area contributed by atoms with Crippen molar-refractivity contribution in [2.45, 2.75) is 303 Å². The van der Waals surface area contributed by atoms with Crippen LogP contribution in [-0.4, -0.2) is 96.7 Å². The van der Waals surface area contributed by atoms with Crippen LogP contribution in [0.5, 0.6) is 0 Å². The van der Waals surface area contributed by atoms with Crippen molar-refractivity contribution in [3.05, 3.63) is 158 Å². The lowest BCUT2D eigenvalue weighted by Crippen LogP contribution is -2.30. The summed E-state index contributed by atoms with van der Waals surface area (Å²) in [7, 11) is -10.00. The minimum absolute atomic E-state index is 0.0292. The Morgan fingerprint density at radius 3 is 0.853 bits per heavy atom. The fraction of sp³-hybridized carbons (Fsp3) is 0.639. The molecule has 5 atom stereocenters. The minimum atomic E-state index is -5.00. The molecule has 0 aromatic carbocycles. The van der Waals surface area contributed by atoms with E-state index in [2.05, 4.69) is 149 Å². The molecular weight excluding hydrogens is 1330 g/mol. The number of esters is 4. The summed E-state index contributed by atoms with van der Waals surface area (Å²) >= 11 is 0. The Labute approximate surface area is 617 Å². The van der Waals surface area contributed by atoms with Gasteiger partial charge in [0.2, 0.25) is 0 Å². The van der Waals surface area contributed by atoms with E-state index in [4.69, 9.17) is 37.0 Å². The number of aliphatic hydroxyl groups is 1. The van der Waals surface area contributed by atoms with Crippen molar-refractivity contribution in [1.29, 1.82) is 0 Å². The third kappa shape index (κ3) is 73.0. The van der Waals surface area contributed by atoms with E-state index in [1.54, 1.807) is 0 Å². The Morgan fingerprint density at radius 1 is 0.284 bits per heavy atom. The molecule has 580 valence electrons. The Bertz CT molecular complexity index is 2550. The van der Waals surface area contributed by atoms with Crippen molar-refractivity contribution in [3.63, 3.8) is 0 Å². The van der Waals surface area contributed by atoms with Gasteiger partial charge in [-0.1, -0.05) is 295 Å². The van der Waals surface area contributed by atoms with E-state index in [1.807, 2.05) is 36.5 Å². The summed E-state index contributed by atoms with van der Waals surface area (Å²) in [5.41, 5.74) is 0. The summed E-state index contributed by atoms with van der Waals surface area (Å²) in [6.07, 6.45) is 85.6. The zero-order valence-electron chi connectivity index (χ0n) is 63.2. The molecule has 0 aliphatic rings. The highest BCUT2D eigenvalue weighted by atomic mass is 31.2. The maximum Gasteiger partial charge on any atom is 0.472 e. The Kier molecular flexibility index (Phi) is 70.1. The molecule has 0 radical (unpaired) electrons. The fourth-order valence-corrected chi connectivity index (χ4v) is 11.2. The molecule has 0 bridgehead atoms. The van der Waals surface area contributed by atoms with Gasteiger partial charge in [0.15, 0.2) is 12.2 Å². The molecule has 3 N–H and O–H groups in total.